The first-order valence-corrected chi connectivity index (χ1v) is 12.8. The molecule has 0 aromatic heterocycles. The second kappa shape index (κ2) is 12.9. The van der Waals surface area contributed by atoms with Crippen LogP contribution in [0.1, 0.15) is 88.1 Å². The van der Waals surface area contributed by atoms with Crippen LogP contribution in [0.2, 0.25) is 0 Å². The van der Waals surface area contributed by atoms with Gasteiger partial charge in [-0.1, -0.05) is 65.4 Å². The van der Waals surface area contributed by atoms with Crippen LogP contribution in [0.5, 0.6) is 11.5 Å². The Kier molecular flexibility index (Phi) is 9.91. The molecule has 0 radical (unpaired) electrons. The number of benzene rings is 2. The lowest BCUT2D eigenvalue weighted by Gasteiger charge is -2.28. The Hall–Kier alpha value is -2.43. The van der Waals surface area contributed by atoms with Gasteiger partial charge in [0, 0.05) is 0 Å². The molecule has 2 aromatic carbocycles. The Labute approximate surface area is 202 Å². The van der Waals surface area contributed by atoms with E-state index in [1.165, 1.54) is 57.1 Å². The minimum atomic E-state index is -1.13. The summed E-state index contributed by atoms with van der Waals surface area (Å²) in [5, 5.41) is 0. The average molecular weight is 473 g/mol. The minimum Gasteiger partial charge on any atom is -0.493 e. The quantitative estimate of drug-likeness (QED) is 0.244. The van der Waals surface area contributed by atoms with Crippen molar-refractivity contribution < 1.29 is 23.0 Å². The third-order valence-corrected chi connectivity index (χ3v) is 7.10. The fraction of sp³-hybridized carbons (Fsp3) is 0.552. The van der Waals surface area contributed by atoms with Crippen LogP contribution in [-0.2, 0) is 6.42 Å². The number of unbranched alkanes of at least 4 members (excludes halogenated alkanes) is 1. The highest BCUT2D eigenvalue weighted by atomic mass is 19.2. The van der Waals surface area contributed by atoms with Crippen LogP contribution in [-0.4, -0.2) is 12.6 Å². The maximum Gasteiger partial charge on any atom is 0.343 e. The van der Waals surface area contributed by atoms with Gasteiger partial charge in [-0.3, -0.25) is 0 Å². The third-order valence-electron chi connectivity index (χ3n) is 7.10. The first-order chi connectivity index (χ1) is 16.4. The van der Waals surface area contributed by atoms with E-state index in [0.717, 1.165) is 12.3 Å². The average Bonchev–Trinajstić information content (AvgIpc) is 2.86. The van der Waals surface area contributed by atoms with Crippen LogP contribution >= 0.6 is 0 Å². The Morgan fingerprint density at radius 2 is 1.65 bits per heavy atom. The van der Waals surface area contributed by atoms with Gasteiger partial charge in [-0.2, -0.15) is 4.39 Å². The van der Waals surface area contributed by atoms with Gasteiger partial charge in [-0.15, -0.1) is 0 Å². The van der Waals surface area contributed by atoms with Crippen molar-refractivity contribution in [1.82, 2.24) is 0 Å². The highest BCUT2D eigenvalue weighted by molar-refractivity contribution is 5.91. The Morgan fingerprint density at radius 3 is 2.29 bits per heavy atom. The topological polar surface area (TPSA) is 35.5 Å². The molecule has 0 spiro atoms. The summed E-state index contributed by atoms with van der Waals surface area (Å²) in [5.41, 5.74) is 0.551. The molecular weight excluding hydrogens is 434 g/mol. The molecule has 0 amide bonds. The molecule has 1 saturated carbocycles. The van der Waals surface area contributed by atoms with Crippen molar-refractivity contribution in [3.05, 3.63) is 59.2 Å². The predicted octanol–water partition coefficient (Wildman–Crippen LogP) is 8.15. The highest BCUT2D eigenvalue weighted by Crippen LogP contribution is 2.32. The van der Waals surface area contributed by atoms with E-state index in [4.69, 9.17) is 9.47 Å². The molecule has 0 aliphatic heterocycles. The SMILES string of the molecule is CCCCC1CCC(COc2ccc(C(=O)Oc3ccc(CC(C)CC)c(F)c3F)cc2)CC1. The second-order valence-corrected chi connectivity index (χ2v) is 9.82. The van der Waals surface area contributed by atoms with Gasteiger partial charge in [-0.05, 0) is 72.9 Å². The fourth-order valence-electron chi connectivity index (χ4n) is 4.57. The van der Waals surface area contributed by atoms with Crippen LogP contribution in [0.15, 0.2) is 36.4 Å². The summed E-state index contributed by atoms with van der Waals surface area (Å²) in [6.07, 6.45) is 10.2. The Bertz CT molecular complexity index is 918. The normalized spacial score (nSPS) is 19.0. The molecule has 1 unspecified atom stereocenters. The van der Waals surface area contributed by atoms with E-state index in [0.29, 0.717) is 30.3 Å². The van der Waals surface area contributed by atoms with Gasteiger partial charge in [0.1, 0.15) is 5.75 Å². The van der Waals surface area contributed by atoms with Crippen LogP contribution in [0, 0.1) is 29.4 Å². The number of carbonyl (C=O) groups excluding carboxylic acids is 1. The number of carbonyl (C=O) groups is 1. The van der Waals surface area contributed by atoms with E-state index in [1.54, 1.807) is 24.3 Å². The lowest BCUT2D eigenvalue weighted by Crippen LogP contribution is -2.20. The molecule has 186 valence electrons. The van der Waals surface area contributed by atoms with E-state index in [1.807, 2.05) is 13.8 Å². The maximum absolute atomic E-state index is 14.4. The number of ether oxygens (including phenoxy) is 2. The number of hydrogen-bond acceptors (Lipinski definition) is 3. The monoisotopic (exact) mass is 472 g/mol. The van der Waals surface area contributed by atoms with Crippen molar-refractivity contribution in [1.29, 1.82) is 0 Å². The van der Waals surface area contributed by atoms with Crippen molar-refractivity contribution in [2.24, 2.45) is 17.8 Å². The zero-order valence-electron chi connectivity index (χ0n) is 20.7. The number of esters is 1. The molecule has 1 atom stereocenters. The fourth-order valence-corrected chi connectivity index (χ4v) is 4.57. The summed E-state index contributed by atoms with van der Waals surface area (Å²) < 4.78 is 39.9. The molecule has 1 aliphatic carbocycles. The molecule has 1 aliphatic rings. The number of rotatable bonds is 11. The van der Waals surface area contributed by atoms with E-state index in [2.05, 4.69) is 6.92 Å². The first kappa shape index (κ1) is 26.2. The van der Waals surface area contributed by atoms with Crippen molar-refractivity contribution in [3.8, 4) is 11.5 Å². The number of halogens is 2. The van der Waals surface area contributed by atoms with Gasteiger partial charge in [-0.25, -0.2) is 9.18 Å². The molecule has 0 bridgehead atoms. The Morgan fingerprint density at radius 1 is 0.971 bits per heavy atom. The van der Waals surface area contributed by atoms with Crippen LogP contribution in [0.3, 0.4) is 0 Å². The van der Waals surface area contributed by atoms with Crippen LogP contribution in [0.4, 0.5) is 8.78 Å². The summed E-state index contributed by atoms with van der Waals surface area (Å²) in [6, 6.07) is 9.42. The largest absolute Gasteiger partial charge is 0.493 e. The molecular formula is C29H38F2O3. The maximum atomic E-state index is 14.4. The van der Waals surface area contributed by atoms with Gasteiger partial charge in [0.2, 0.25) is 5.82 Å². The summed E-state index contributed by atoms with van der Waals surface area (Å²) in [4.78, 5) is 12.5. The first-order valence-electron chi connectivity index (χ1n) is 12.8. The van der Waals surface area contributed by atoms with Gasteiger partial charge >= 0.3 is 5.97 Å². The van der Waals surface area contributed by atoms with Crippen LogP contribution < -0.4 is 9.47 Å². The lowest BCUT2D eigenvalue weighted by atomic mass is 9.80. The zero-order chi connectivity index (χ0) is 24.5. The van der Waals surface area contributed by atoms with Crippen molar-refractivity contribution in [2.75, 3.05) is 6.61 Å². The lowest BCUT2D eigenvalue weighted by molar-refractivity contribution is 0.0726. The molecule has 34 heavy (non-hydrogen) atoms. The molecule has 0 heterocycles. The van der Waals surface area contributed by atoms with Gasteiger partial charge < -0.3 is 9.47 Å². The second-order valence-electron chi connectivity index (χ2n) is 9.82. The summed E-state index contributed by atoms with van der Waals surface area (Å²) in [7, 11) is 0. The minimum absolute atomic E-state index is 0.240. The molecule has 0 saturated heterocycles. The zero-order valence-corrected chi connectivity index (χ0v) is 20.7. The predicted molar refractivity (Wildman–Crippen MR) is 131 cm³/mol. The van der Waals surface area contributed by atoms with E-state index in [9.17, 15) is 13.6 Å². The van der Waals surface area contributed by atoms with Crippen molar-refractivity contribution >= 4 is 5.97 Å². The van der Waals surface area contributed by atoms with Gasteiger partial charge in [0.05, 0.1) is 12.2 Å². The van der Waals surface area contributed by atoms with Crippen molar-refractivity contribution in [2.45, 2.75) is 78.6 Å². The molecule has 0 N–H and O–H groups in total. The third kappa shape index (κ3) is 7.28. The summed E-state index contributed by atoms with van der Waals surface area (Å²) in [6.45, 7) is 6.91. The Balaban J connectivity index is 1.50. The molecule has 5 heteroatoms. The summed E-state index contributed by atoms with van der Waals surface area (Å²) in [5.74, 6) is -0.831. The van der Waals surface area contributed by atoms with Gasteiger partial charge in [0.25, 0.3) is 0 Å². The van der Waals surface area contributed by atoms with Crippen molar-refractivity contribution in [3.63, 3.8) is 0 Å². The number of hydrogen-bond donors (Lipinski definition) is 0. The highest BCUT2D eigenvalue weighted by Gasteiger charge is 2.22. The van der Waals surface area contributed by atoms with E-state index < -0.39 is 23.4 Å². The summed E-state index contributed by atoms with van der Waals surface area (Å²) >= 11 is 0. The van der Waals surface area contributed by atoms with Crippen LogP contribution in [0.25, 0.3) is 0 Å². The van der Waals surface area contributed by atoms with Gasteiger partial charge in [0.15, 0.2) is 11.6 Å². The molecule has 1 fully saturated rings. The standard InChI is InChI=1S/C29H38F2O3/c1-4-6-7-21-8-10-22(11-9-21)19-33-25-15-12-23(13-16-25)29(32)34-26-17-14-24(18-20(3)5-2)27(30)28(26)31/h12-17,20-22H,4-11,18-19H2,1-3H3. The molecule has 3 nitrogen and oxygen atoms in total. The molecule has 3 rings (SSSR count). The smallest absolute Gasteiger partial charge is 0.343 e. The van der Waals surface area contributed by atoms with E-state index >= 15 is 0 Å². The molecule has 2 aromatic rings. The van der Waals surface area contributed by atoms with E-state index in [-0.39, 0.29) is 11.5 Å².